The van der Waals surface area contributed by atoms with Gasteiger partial charge in [-0.2, -0.15) is 0 Å². The molecule has 0 radical (unpaired) electrons. The Labute approximate surface area is 158 Å². The zero-order chi connectivity index (χ0) is 18.8. The Morgan fingerprint density at radius 1 is 1.31 bits per heavy atom. The molecule has 3 aliphatic rings. The number of guanidine groups is 1. The van der Waals surface area contributed by atoms with Crippen molar-refractivity contribution < 1.29 is 13.2 Å². The summed E-state index contributed by atoms with van der Waals surface area (Å²) in [6.07, 6.45) is 3.08. The molecule has 0 spiro atoms. The number of ether oxygens (including phenoxy) is 1. The highest BCUT2D eigenvalue weighted by Gasteiger charge is 2.33. The summed E-state index contributed by atoms with van der Waals surface area (Å²) in [5, 5.41) is 3.58. The molecule has 3 atom stereocenters. The van der Waals surface area contributed by atoms with E-state index in [0.717, 1.165) is 51.6 Å². The third-order valence-corrected chi connectivity index (χ3v) is 7.59. The van der Waals surface area contributed by atoms with Crippen LogP contribution in [0, 0.1) is 23.2 Å². The van der Waals surface area contributed by atoms with Gasteiger partial charge in [0.05, 0.1) is 18.1 Å². The zero-order valence-electron chi connectivity index (χ0n) is 16.5. The molecule has 0 aromatic carbocycles. The van der Waals surface area contributed by atoms with Crippen molar-refractivity contribution in [3.05, 3.63) is 0 Å². The van der Waals surface area contributed by atoms with Crippen molar-refractivity contribution in [3.63, 3.8) is 0 Å². The third-order valence-electron chi connectivity index (χ3n) is 5.75. The maximum atomic E-state index is 11.7. The molecule has 1 N–H and O–H groups in total. The minimum Gasteiger partial charge on any atom is -0.381 e. The van der Waals surface area contributed by atoms with Gasteiger partial charge in [-0.15, -0.1) is 0 Å². The van der Waals surface area contributed by atoms with Crippen LogP contribution < -0.4 is 5.32 Å². The quantitative estimate of drug-likeness (QED) is 0.590. The first-order chi connectivity index (χ1) is 12.2. The molecule has 0 saturated carbocycles. The second-order valence-electron chi connectivity index (χ2n) is 9.40. The molecule has 7 heteroatoms. The molecule has 6 nitrogen and oxygen atoms in total. The van der Waals surface area contributed by atoms with Crippen molar-refractivity contribution in [1.29, 1.82) is 0 Å². The van der Waals surface area contributed by atoms with E-state index in [9.17, 15) is 8.42 Å². The highest BCUT2D eigenvalue weighted by Crippen LogP contribution is 2.32. The van der Waals surface area contributed by atoms with Crippen LogP contribution in [0.3, 0.4) is 0 Å². The van der Waals surface area contributed by atoms with E-state index in [1.165, 1.54) is 6.42 Å². The normalized spacial score (nSPS) is 34.2. The van der Waals surface area contributed by atoms with E-state index >= 15 is 0 Å². The lowest BCUT2D eigenvalue weighted by molar-refractivity contribution is 0.129. The van der Waals surface area contributed by atoms with E-state index in [1.807, 2.05) is 0 Å². The zero-order valence-corrected chi connectivity index (χ0v) is 17.4. The van der Waals surface area contributed by atoms with E-state index in [2.05, 4.69) is 31.0 Å². The van der Waals surface area contributed by atoms with Gasteiger partial charge in [-0.3, -0.25) is 4.99 Å². The molecule has 3 rings (SSSR count). The van der Waals surface area contributed by atoms with Gasteiger partial charge in [0.15, 0.2) is 15.8 Å². The lowest BCUT2D eigenvalue weighted by atomic mass is 9.79. The van der Waals surface area contributed by atoms with Crippen LogP contribution in [0.1, 0.15) is 40.0 Å². The summed E-state index contributed by atoms with van der Waals surface area (Å²) in [4.78, 5) is 7.26. The Kier molecular flexibility index (Phi) is 6.17. The van der Waals surface area contributed by atoms with Crippen LogP contribution >= 0.6 is 0 Å². The summed E-state index contributed by atoms with van der Waals surface area (Å²) in [6, 6.07) is 0. The molecule has 150 valence electrons. The first-order valence-electron chi connectivity index (χ1n) is 10.0. The fourth-order valence-corrected chi connectivity index (χ4v) is 6.52. The average Bonchev–Trinajstić information content (AvgIpc) is 3.14. The fraction of sp³-hybridized carbons (Fsp3) is 0.947. The van der Waals surface area contributed by atoms with Gasteiger partial charge in [0.1, 0.15) is 0 Å². The second kappa shape index (κ2) is 8.05. The number of hydrogen-bond acceptors (Lipinski definition) is 4. The molecule has 3 saturated heterocycles. The van der Waals surface area contributed by atoms with Crippen LogP contribution in [0.25, 0.3) is 0 Å². The predicted octanol–water partition coefficient (Wildman–Crippen LogP) is 1.77. The van der Waals surface area contributed by atoms with Gasteiger partial charge in [-0.25, -0.2) is 8.42 Å². The van der Waals surface area contributed by atoms with Crippen LogP contribution in [0.2, 0.25) is 0 Å². The van der Waals surface area contributed by atoms with E-state index in [0.29, 0.717) is 29.9 Å². The Hall–Kier alpha value is -0.820. The smallest absolute Gasteiger partial charge is 0.193 e. The van der Waals surface area contributed by atoms with Crippen molar-refractivity contribution in [1.82, 2.24) is 10.2 Å². The van der Waals surface area contributed by atoms with Gasteiger partial charge in [-0.05, 0) is 36.5 Å². The number of rotatable bonds is 4. The summed E-state index contributed by atoms with van der Waals surface area (Å²) in [5.74, 6) is 2.92. The fourth-order valence-electron chi connectivity index (χ4n) is 4.67. The largest absolute Gasteiger partial charge is 0.381 e. The summed E-state index contributed by atoms with van der Waals surface area (Å²) < 4.78 is 28.9. The Bertz CT molecular complexity index is 612. The number of nitrogens with one attached hydrogen (secondary N) is 1. The first kappa shape index (κ1) is 19.9. The van der Waals surface area contributed by atoms with Crippen LogP contribution in [0.5, 0.6) is 0 Å². The Morgan fingerprint density at radius 2 is 2.12 bits per heavy atom. The summed E-state index contributed by atoms with van der Waals surface area (Å²) in [7, 11) is -2.84. The van der Waals surface area contributed by atoms with Crippen LogP contribution in [-0.2, 0) is 14.6 Å². The third kappa shape index (κ3) is 5.59. The SMILES string of the molecule is CC1CN(C(=NCC2CCS(=O)(=O)C2)NCC2CCOC2)CC(C)(C)C1. The lowest BCUT2D eigenvalue weighted by Gasteiger charge is -2.43. The molecule has 3 unspecified atom stereocenters. The number of aliphatic imine (C=N–C) groups is 1. The molecule has 0 aliphatic carbocycles. The minimum absolute atomic E-state index is 0.168. The van der Waals surface area contributed by atoms with Gasteiger partial charge in [0.25, 0.3) is 0 Å². The predicted molar refractivity (Wildman–Crippen MR) is 105 cm³/mol. The first-order valence-corrected chi connectivity index (χ1v) is 11.9. The van der Waals surface area contributed by atoms with Crippen molar-refractivity contribution in [3.8, 4) is 0 Å². The lowest BCUT2D eigenvalue weighted by Crippen LogP contribution is -2.52. The summed E-state index contributed by atoms with van der Waals surface area (Å²) in [6.45, 7) is 12.1. The molecule has 0 aromatic rings. The van der Waals surface area contributed by atoms with Crippen molar-refractivity contribution >= 4 is 15.8 Å². The Balaban J connectivity index is 1.67. The average molecular weight is 386 g/mol. The summed E-state index contributed by atoms with van der Waals surface area (Å²) >= 11 is 0. The molecule has 3 aliphatic heterocycles. The Morgan fingerprint density at radius 3 is 2.73 bits per heavy atom. The van der Waals surface area contributed by atoms with Gasteiger partial charge in [0.2, 0.25) is 0 Å². The number of likely N-dealkylation sites (tertiary alicyclic amines) is 1. The number of hydrogen-bond donors (Lipinski definition) is 1. The van der Waals surface area contributed by atoms with Crippen LogP contribution in [0.4, 0.5) is 0 Å². The van der Waals surface area contributed by atoms with E-state index < -0.39 is 9.84 Å². The van der Waals surface area contributed by atoms with Crippen molar-refractivity contribution in [2.45, 2.75) is 40.0 Å². The monoisotopic (exact) mass is 385 g/mol. The minimum atomic E-state index is -2.84. The van der Waals surface area contributed by atoms with Crippen molar-refractivity contribution in [2.24, 2.45) is 28.2 Å². The number of sulfone groups is 1. The maximum absolute atomic E-state index is 11.7. The van der Waals surface area contributed by atoms with Gasteiger partial charge >= 0.3 is 0 Å². The number of nitrogens with zero attached hydrogens (tertiary/aromatic N) is 2. The highest BCUT2D eigenvalue weighted by molar-refractivity contribution is 7.91. The second-order valence-corrected chi connectivity index (χ2v) is 11.6. The molecule has 3 fully saturated rings. The molecular weight excluding hydrogens is 350 g/mol. The topological polar surface area (TPSA) is 71.0 Å². The van der Waals surface area contributed by atoms with E-state index in [-0.39, 0.29) is 11.3 Å². The molecule has 0 aromatic heterocycles. The van der Waals surface area contributed by atoms with Gasteiger partial charge in [0, 0.05) is 38.7 Å². The highest BCUT2D eigenvalue weighted by atomic mass is 32.2. The molecule has 0 bridgehead atoms. The van der Waals surface area contributed by atoms with E-state index in [1.54, 1.807) is 0 Å². The maximum Gasteiger partial charge on any atom is 0.193 e. The molecule has 0 amide bonds. The van der Waals surface area contributed by atoms with Crippen LogP contribution in [-0.4, -0.2) is 70.2 Å². The van der Waals surface area contributed by atoms with Gasteiger partial charge in [-0.1, -0.05) is 20.8 Å². The number of piperidine rings is 1. The van der Waals surface area contributed by atoms with Crippen LogP contribution in [0.15, 0.2) is 4.99 Å². The summed E-state index contributed by atoms with van der Waals surface area (Å²) in [5.41, 5.74) is 0.271. The van der Waals surface area contributed by atoms with Crippen molar-refractivity contribution in [2.75, 3.05) is 50.9 Å². The molecular formula is C19H35N3O3S. The molecule has 26 heavy (non-hydrogen) atoms. The standard InChI is InChI=1S/C19H35N3O3S/c1-15-8-19(2,3)14-22(11-15)18(20-9-16-4-6-25-12-16)21-10-17-5-7-26(23,24)13-17/h15-17H,4-14H2,1-3H3,(H,20,21). The van der Waals surface area contributed by atoms with Gasteiger partial charge < -0.3 is 15.0 Å². The molecule has 3 heterocycles. The van der Waals surface area contributed by atoms with E-state index in [4.69, 9.17) is 9.73 Å².